The molecular weight excluding hydrogens is 306 g/mol. The van der Waals surface area contributed by atoms with Crippen LogP contribution in [0.15, 0.2) is 48.7 Å². The van der Waals surface area contributed by atoms with Gasteiger partial charge in [-0.2, -0.15) is 0 Å². The van der Waals surface area contributed by atoms with Gasteiger partial charge in [0.25, 0.3) is 5.91 Å². The van der Waals surface area contributed by atoms with Gasteiger partial charge in [-0.1, -0.05) is 18.2 Å². The molecule has 1 aromatic heterocycles. The van der Waals surface area contributed by atoms with Crippen LogP contribution in [0.4, 0.5) is 0 Å². The molecule has 128 valence electrons. The van der Waals surface area contributed by atoms with Crippen molar-refractivity contribution in [1.29, 1.82) is 0 Å². The van der Waals surface area contributed by atoms with E-state index in [1.165, 1.54) is 6.08 Å². The lowest BCUT2D eigenvalue weighted by Gasteiger charge is -2.22. The zero-order valence-corrected chi connectivity index (χ0v) is 13.9. The van der Waals surface area contributed by atoms with Crippen molar-refractivity contribution in [3.63, 3.8) is 0 Å². The molecule has 0 aliphatic heterocycles. The Morgan fingerprint density at radius 3 is 2.79 bits per heavy atom. The second kappa shape index (κ2) is 7.81. The Balaban J connectivity index is 2.00. The van der Waals surface area contributed by atoms with Crippen molar-refractivity contribution >= 4 is 12.0 Å². The van der Waals surface area contributed by atoms with E-state index in [4.69, 9.17) is 15.7 Å². The summed E-state index contributed by atoms with van der Waals surface area (Å²) in [6.07, 6.45) is 4.79. The second-order valence-corrected chi connectivity index (χ2v) is 6.00. The number of carbonyl (C=O) groups is 1. The monoisotopic (exact) mass is 329 g/mol. The third kappa shape index (κ3) is 4.71. The molecule has 0 saturated carbocycles. The van der Waals surface area contributed by atoms with Crippen molar-refractivity contribution < 1.29 is 14.7 Å². The number of nitrogens with two attached hydrogens (primary N) is 1. The first-order valence-corrected chi connectivity index (χ1v) is 7.70. The lowest BCUT2D eigenvalue weighted by Crippen LogP contribution is -2.29. The fraction of sp³-hybridized carbons (Fsp3) is 0.278. The van der Waals surface area contributed by atoms with Crippen molar-refractivity contribution in [3.05, 3.63) is 59.9 Å². The maximum absolute atomic E-state index is 11.1. The molecule has 1 aromatic carbocycles. The van der Waals surface area contributed by atoms with Gasteiger partial charge in [0.2, 0.25) is 0 Å². The van der Waals surface area contributed by atoms with Crippen LogP contribution in [0.25, 0.3) is 6.08 Å². The van der Waals surface area contributed by atoms with Crippen LogP contribution in [0.3, 0.4) is 0 Å². The molecule has 2 rings (SSSR count). The number of para-hydroxylation sites is 1. The Labute approximate surface area is 141 Å². The summed E-state index contributed by atoms with van der Waals surface area (Å²) in [4.78, 5) is 11.1. The van der Waals surface area contributed by atoms with Gasteiger partial charge in [0.15, 0.2) is 0 Å². The van der Waals surface area contributed by atoms with E-state index in [9.17, 15) is 4.79 Å². The van der Waals surface area contributed by atoms with Gasteiger partial charge in [-0.05, 0) is 38.1 Å². The van der Waals surface area contributed by atoms with Crippen LogP contribution in [-0.2, 0) is 16.9 Å². The quantitative estimate of drug-likeness (QED) is 0.413. The van der Waals surface area contributed by atoms with Crippen LogP contribution in [0.2, 0.25) is 0 Å². The molecule has 6 nitrogen and oxygen atoms in total. The van der Waals surface area contributed by atoms with Crippen molar-refractivity contribution in [2.45, 2.75) is 25.9 Å². The van der Waals surface area contributed by atoms with Crippen LogP contribution in [-0.4, -0.2) is 22.3 Å². The third-order valence-electron chi connectivity index (χ3n) is 3.55. The minimum atomic E-state index is -0.571. The van der Waals surface area contributed by atoms with Crippen molar-refractivity contribution in [2.24, 2.45) is 5.73 Å². The summed E-state index contributed by atoms with van der Waals surface area (Å²) in [6, 6.07) is 11.5. The molecule has 4 N–H and O–H groups in total. The SMILES string of the molecule is CC(C)(N)c1ccccc1OCCn1cccc1/C=C/C(=O)NO. The van der Waals surface area contributed by atoms with E-state index in [-0.39, 0.29) is 0 Å². The minimum Gasteiger partial charge on any atom is -0.491 e. The summed E-state index contributed by atoms with van der Waals surface area (Å²) in [7, 11) is 0. The van der Waals surface area contributed by atoms with Gasteiger partial charge in [-0.15, -0.1) is 0 Å². The molecule has 0 fully saturated rings. The van der Waals surface area contributed by atoms with Crippen LogP contribution < -0.4 is 16.0 Å². The molecule has 1 amide bonds. The number of amides is 1. The van der Waals surface area contributed by atoms with Gasteiger partial charge in [0, 0.05) is 29.1 Å². The van der Waals surface area contributed by atoms with E-state index < -0.39 is 11.4 Å². The highest BCUT2D eigenvalue weighted by Gasteiger charge is 2.18. The van der Waals surface area contributed by atoms with Crippen molar-refractivity contribution in [3.8, 4) is 5.75 Å². The average Bonchev–Trinajstić information content (AvgIpc) is 2.99. The van der Waals surface area contributed by atoms with Gasteiger partial charge >= 0.3 is 0 Å². The smallest absolute Gasteiger partial charge is 0.267 e. The Kier molecular flexibility index (Phi) is 5.78. The highest BCUT2D eigenvalue weighted by molar-refractivity contribution is 5.90. The Morgan fingerprint density at radius 2 is 2.08 bits per heavy atom. The number of carbonyl (C=O) groups excluding carboxylic acids is 1. The first-order chi connectivity index (χ1) is 11.4. The number of nitrogens with one attached hydrogen (secondary N) is 1. The summed E-state index contributed by atoms with van der Waals surface area (Å²) >= 11 is 0. The van der Waals surface area contributed by atoms with E-state index in [0.29, 0.717) is 13.2 Å². The molecule has 0 atom stereocenters. The predicted octanol–water partition coefficient (Wildman–Crippen LogP) is 2.28. The molecule has 0 unspecified atom stereocenters. The number of benzene rings is 1. The zero-order chi connectivity index (χ0) is 17.6. The summed E-state index contributed by atoms with van der Waals surface area (Å²) in [5.74, 6) is 0.201. The maximum Gasteiger partial charge on any atom is 0.267 e. The molecule has 2 aromatic rings. The highest BCUT2D eigenvalue weighted by atomic mass is 16.5. The molecule has 0 radical (unpaired) electrons. The standard InChI is InChI=1S/C18H23N3O3/c1-18(2,19)15-7-3-4-8-16(15)24-13-12-21-11-5-6-14(21)9-10-17(22)20-23/h3-11,23H,12-13,19H2,1-2H3,(H,20,22)/b10-9+. The Hall–Kier alpha value is -2.57. The molecule has 0 aliphatic rings. The number of ether oxygens (including phenoxy) is 1. The summed E-state index contributed by atoms with van der Waals surface area (Å²) in [6.45, 7) is 4.97. The average molecular weight is 329 g/mol. The molecule has 0 saturated heterocycles. The van der Waals surface area contributed by atoms with E-state index in [1.807, 2.05) is 61.0 Å². The topological polar surface area (TPSA) is 89.5 Å². The molecule has 0 spiro atoms. The normalized spacial score (nSPS) is 11.7. The zero-order valence-electron chi connectivity index (χ0n) is 13.9. The molecule has 0 aliphatic carbocycles. The lowest BCUT2D eigenvalue weighted by molar-refractivity contribution is -0.124. The van der Waals surface area contributed by atoms with Gasteiger partial charge in [-0.25, -0.2) is 5.48 Å². The van der Waals surface area contributed by atoms with Crippen LogP contribution >= 0.6 is 0 Å². The predicted molar refractivity (Wildman–Crippen MR) is 92.5 cm³/mol. The number of nitrogens with zero attached hydrogens (tertiary/aromatic N) is 1. The van der Waals surface area contributed by atoms with Gasteiger partial charge < -0.3 is 15.0 Å². The fourth-order valence-electron chi connectivity index (χ4n) is 2.36. The lowest BCUT2D eigenvalue weighted by atomic mass is 9.95. The van der Waals surface area contributed by atoms with Crippen LogP contribution in [0, 0.1) is 0 Å². The largest absolute Gasteiger partial charge is 0.491 e. The number of hydrogen-bond donors (Lipinski definition) is 3. The molecule has 6 heteroatoms. The second-order valence-electron chi connectivity index (χ2n) is 6.00. The highest BCUT2D eigenvalue weighted by Crippen LogP contribution is 2.27. The van der Waals surface area contributed by atoms with Crippen LogP contribution in [0.5, 0.6) is 5.75 Å². The summed E-state index contributed by atoms with van der Waals surface area (Å²) < 4.78 is 7.85. The van der Waals surface area contributed by atoms with E-state index in [2.05, 4.69) is 0 Å². The van der Waals surface area contributed by atoms with E-state index in [0.717, 1.165) is 17.0 Å². The Bertz CT molecular complexity index is 714. The minimum absolute atomic E-state index is 0.467. The fourth-order valence-corrected chi connectivity index (χ4v) is 2.36. The summed E-state index contributed by atoms with van der Waals surface area (Å²) in [5.41, 5.74) is 9.06. The summed E-state index contributed by atoms with van der Waals surface area (Å²) in [5, 5.41) is 8.50. The van der Waals surface area contributed by atoms with E-state index in [1.54, 1.807) is 11.6 Å². The third-order valence-corrected chi connectivity index (χ3v) is 3.55. The first kappa shape index (κ1) is 17.8. The number of aromatic nitrogens is 1. The van der Waals surface area contributed by atoms with Gasteiger partial charge in [0.05, 0.1) is 6.54 Å². The number of hydroxylamine groups is 1. The molecule has 1 heterocycles. The van der Waals surface area contributed by atoms with Crippen molar-refractivity contribution in [2.75, 3.05) is 6.61 Å². The first-order valence-electron chi connectivity index (χ1n) is 7.70. The van der Waals surface area contributed by atoms with Crippen LogP contribution in [0.1, 0.15) is 25.1 Å². The number of rotatable bonds is 7. The van der Waals surface area contributed by atoms with Gasteiger partial charge in [-0.3, -0.25) is 10.0 Å². The van der Waals surface area contributed by atoms with E-state index >= 15 is 0 Å². The molecule has 24 heavy (non-hydrogen) atoms. The molecule has 0 bridgehead atoms. The van der Waals surface area contributed by atoms with Crippen molar-refractivity contribution in [1.82, 2.24) is 10.0 Å². The number of hydrogen-bond acceptors (Lipinski definition) is 4. The maximum atomic E-state index is 11.1. The van der Waals surface area contributed by atoms with Gasteiger partial charge in [0.1, 0.15) is 12.4 Å². The Morgan fingerprint density at radius 1 is 1.33 bits per heavy atom. The molecular formula is C18H23N3O3.